The van der Waals surface area contributed by atoms with Crippen molar-refractivity contribution in [1.82, 2.24) is 20.2 Å². The number of carbonyl (C=O) groups excluding carboxylic acids is 2. The van der Waals surface area contributed by atoms with Crippen molar-refractivity contribution < 1.29 is 9.59 Å². The molecule has 1 aliphatic heterocycles. The molecule has 146 valence electrons. The molecule has 0 saturated carbocycles. The first-order chi connectivity index (χ1) is 14.0. The topological polar surface area (TPSA) is 75.2 Å². The normalized spacial score (nSPS) is 20.8. The van der Waals surface area contributed by atoms with Crippen LogP contribution in [0.5, 0.6) is 0 Å². The minimum absolute atomic E-state index is 0.147. The largest absolute Gasteiger partial charge is 0.325 e. The van der Waals surface area contributed by atoms with Gasteiger partial charge in [0.1, 0.15) is 10.5 Å². The second-order valence-corrected chi connectivity index (χ2v) is 8.50. The van der Waals surface area contributed by atoms with Gasteiger partial charge in [0, 0.05) is 11.6 Å². The highest BCUT2D eigenvalue weighted by Crippen LogP contribution is 2.33. The summed E-state index contributed by atoms with van der Waals surface area (Å²) in [6.07, 6.45) is 4.97. The number of hydrogen-bond donors (Lipinski definition) is 1. The summed E-state index contributed by atoms with van der Waals surface area (Å²) in [7, 11) is 0. The third-order valence-electron chi connectivity index (χ3n) is 5.71. The molecular formula is C22H20N4O2S. The van der Waals surface area contributed by atoms with Crippen molar-refractivity contribution in [2.75, 3.05) is 0 Å². The van der Waals surface area contributed by atoms with Crippen LogP contribution >= 0.6 is 11.3 Å². The first kappa shape index (κ1) is 18.0. The van der Waals surface area contributed by atoms with Crippen LogP contribution in [0.25, 0.3) is 10.7 Å². The lowest BCUT2D eigenvalue weighted by molar-refractivity contribution is -0.131. The van der Waals surface area contributed by atoms with Gasteiger partial charge < -0.3 is 5.32 Å². The Labute approximate surface area is 172 Å². The highest BCUT2D eigenvalue weighted by molar-refractivity contribution is 7.13. The number of carbonyl (C=O) groups is 2. The second-order valence-electron chi connectivity index (χ2n) is 7.64. The summed E-state index contributed by atoms with van der Waals surface area (Å²) in [5.41, 5.74) is 3.88. The number of urea groups is 1. The number of nitrogens with zero attached hydrogens (tertiary/aromatic N) is 3. The molecule has 6 nitrogen and oxygen atoms in total. The zero-order chi connectivity index (χ0) is 20.0. The van der Waals surface area contributed by atoms with Crippen LogP contribution in [-0.2, 0) is 29.7 Å². The molecule has 1 aromatic carbocycles. The third kappa shape index (κ3) is 3.02. The number of pyridine rings is 1. The van der Waals surface area contributed by atoms with Gasteiger partial charge in [0.2, 0.25) is 0 Å². The smallest absolute Gasteiger partial charge is 0.319 e. The van der Waals surface area contributed by atoms with E-state index in [4.69, 9.17) is 0 Å². The number of benzene rings is 1. The van der Waals surface area contributed by atoms with Crippen molar-refractivity contribution in [3.05, 3.63) is 70.4 Å². The Kier molecular flexibility index (Phi) is 4.20. The molecule has 3 aromatic rings. The van der Waals surface area contributed by atoms with Crippen LogP contribution in [0, 0.1) is 0 Å². The summed E-state index contributed by atoms with van der Waals surface area (Å²) in [5, 5.41) is 5.54. The highest BCUT2D eigenvalue weighted by atomic mass is 32.1. The van der Waals surface area contributed by atoms with Crippen molar-refractivity contribution in [1.29, 1.82) is 0 Å². The summed E-state index contributed by atoms with van der Waals surface area (Å²) < 4.78 is 0. The molecule has 0 bridgehead atoms. The van der Waals surface area contributed by atoms with Crippen LogP contribution in [0.4, 0.5) is 4.79 Å². The van der Waals surface area contributed by atoms with E-state index >= 15 is 0 Å². The number of thiazole rings is 1. The van der Waals surface area contributed by atoms with E-state index < -0.39 is 5.54 Å². The number of fused-ring (bicyclic) bond motifs is 1. The molecule has 2 aromatic heterocycles. The predicted molar refractivity (Wildman–Crippen MR) is 110 cm³/mol. The Balaban J connectivity index is 1.39. The van der Waals surface area contributed by atoms with Gasteiger partial charge in [-0.15, -0.1) is 11.3 Å². The average Bonchev–Trinajstić information content (AvgIpc) is 3.44. The number of aromatic nitrogens is 2. The third-order valence-corrected chi connectivity index (χ3v) is 6.62. The van der Waals surface area contributed by atoms with Crippen LogP contribution in [0.2, 0.25) is 0 Å². The number of imide groups is 1. The second kappa shape index (κ2) is 6.77. The lowest BCUT2D eigenvalue weighted by Crippen LogP contribution is -2.41. The molecule has 5 rings (SSSR count). The molecule has 0 radical (unpaired) electrons. The quantitative estimate of drug-likeness (QED) is 0.674. The maximum atomic E-state index is 13.2. The Hall–Kier alpha value is -3.06. The van der Waals surface area contributed by atoms with Crippen molar-refractivity contribution in [3.8, 4) is 10.7 Å². The molecule has 0 spiro atoms. The molecule has 1 unspecified atom stereocenters. The van der Waals surface area contributed by atoms with Crippen molar-refractivity contribution in [2.45, 2.75) is 38.3 Å². The van der Waals surface area contributed by atoms with Crippen LogP contribution in [0.1, 0.15) is 35.7 Å². The Bertz CT molecular complexity index is 1110. The van der Waals surface area contributed by atoms with Crippen molar-refractivity contribution >= 4 is 23.3 Å². The van der Waals surface area contributed by atoms with Gasteiger partial charge in [0.15, 0.2) is 0 Å². The van der Waals surface area contributed by atoms with Gasteiger partial charge >= 0.3 is 6.03 Å². The lowest BCUT2D eigenvalue weighted by Gasteiger charge is -2.23. The van der Waals surface area contributed by atoms with Gasteiger partial charge in [-0.3, -0.25) is 14.7 Å². The van der Waals surface area contributed by atoms with Crippen LogP contribution in [-0.4, -0.2) is 26.8 Å². The molecule has 7 heteroatoms. The van der Waals surface area contributed by atoms with E-state index in [1.165, 1.54) is 27.4 Å². The average molecular weight is 404 g/mol. The van der Waals surface area contributed by atoms with E-state index in [1.807, 2.05) is 29.6 Å². The summed E-state index contributed by atoms with van der Waals surface area (Å²) in [5.74, 6) is -0.243. The molecule has 1 saturated heterocycles. The summed E-state index contributed by atoms with van der Waals surface area (Å²) >= 11 is 1.45. The maximum absolute atomic E-state index is 13.2. The molecule has 1 atom stereocenters. The van der Waals surface area contributed by atoms with E-state index in [9.17, 15) is 9.59 Å². The van der Waals surface area contributed by atoms with Gasteiger partial charge in [-0.1, -0.05) is 24.3 Å². The van der Waals surface area contributed by atoms with Crippen molar-refractivity contribution in [2.24, 2.45) is 0 Å². The van der Waals surface area contributed by atoms with Gasteiger partial charge in [-0.25, -0.2) is 9.78 Å². The lowest BCUT2D eigenvalue weighted by atomic mass is 9.89. The Morgan fingerprint density at radius 1 is 1.17 bits per heavy atom. The molecule has 29 heavy (non-hydrogen) atoms. The standard InChI is InChI=1S/C22H20N4O2S/c1-22(16-9-8-14-5-4-6-15(14)11-16)20(27)26(21(28)25-22)12-17-13-29-19(24-17)18-7-2-3-10-23-18/h2-3,7-11,13H,4-6,12H2,1H3,(H,25,28). The van der Waals surface area contributed by atoms with Crippen LogP contribution < -0.4 is 5.32 Å². The maximum Gasteiger partial charge on any atom is 0.325 e. The van der Waals surface area contributed by atoms with Crippen LogP contribution in [0.15, 0.2) is 48.0 Å². The molecule has 3 heterocycles. The summed E-state index contributed by atoms with van der Waals surface area (Å²) in [4.78, 5) is 36.0. The van der Waals surface area contributed by atoms with E-state index in [0.29, 0.717) is 5.69 Å². The van der Waals surface area contributed by atoms with Crippen molar-refractivity contribution in [3.63, 3.8) is 0 Å². The predicted octanol–water partition coefficient (Wildman–Crippen LogP) is 3.66. The molecule has 2 aliphatic rings. The minimum atomic E-state index is -1.05. The number of aryl methyl sites for hydroxylation is 2. The summed E-state index contributed by atoms with van der Waals surface area (Å²) in [6, 6.07) is 11.4. The van der Waals surface area contributed by atoms with Gasteiger partial charge in [0.05, 0.1) is 17.9 Å². The molecule has 1 aliphatic carbocycles. The first-order valence-electron chi connectivity index (χ1n) is 9.67. The monoisotopic (exact) mass is 404 g/mol. The van der Waals surface area contributed by atoms with Crippen LogP contribution in [0.3, 0.4) is 0 Å². The fraction of sp³-hybridized carbons (Fsp3) is 0.273. The zero-order valence-electron chi connectivity index (χ0n) is 16.0. The molecule has 1 N–H and O–H groups in total. The number of nitrogens with one attached hydrogen (secondary N) is 1. The molecule has 1 fully saturated rings. The van der Waals surface area contributed by atoms with E-state index in [0.717, 1.165) is 35.5 Å². The molecule has 3 amide bonds. The Morgan fingerprint density at radius 2 is 2.03 bits per heavy atom. The molecular weight excluding hydrogens is 384 g/mol. The van der Waals surface area contributed by atoms with Gasteiger partial charge in [-0.2, -0.15) is 0 Å². The van der Waals surface area contributed by atoms with Gasteiger partial charge in [0.25, 0.3) is 5.91 Å². The highest BCUT2D eigenvalue weighted by Gasteiger charge is 2.49. The number of hydrogen-bond acceptors (Lipinski definition) is 5. The number of amides is 3. The SMILES string of the molecule is CC1(c2ccc3c(c2)CCC3)NC(=O)N(Cc2csc(-c3ccccn3)n2)C1=O. The van der Waals surface area contributed by atoms with E-state index in [2.05, 4.69) is 27.4 Å². The zero-order valence-corrected chi connectivity index (χ0v) is 16.8. The number of rotatable bonds is 4. The fourth-order valence-electron chi connectivity index (χ4n) is 4.07. The minimum Gasteiger partial charge on any atom is -0.319 e. The van der Waals surface area contributed by atoms with Gasteiger partial charge in [-0.05, 0) is 55.0 Å². The fourth-order valence-corrected chi connectivity index (χ4v) is 4.85. The summed E-state index contributed by atoms with van der Waals surface area (Å²) in [6.45, 7) is 1.93. The van der Waals surface area contributed by atoms with E-state index in [-0.39, 0.29) is 18.5 Å². The van der Waals surface area contributed by atoms with E-state index in [1.54, 1.807) is 13.1 Å². The Morgan fingerprint density at radius 3 is 2.86 bits per heavy atom. The first-order valence-corrected chi connectivity index (χ1v) is 10.5.